The molecule has 0 amide bonds. The van der Waals surface area contributed by atoms with E-state index in [4.69, 9.17) is 9.47 Å². The lowest BCUT2D eigenvalue weighted by atomic mass is 10.2. The van der Waals surface area contributed by atoms with Gasteiger partial charge in [0, 0.05) is 7.11 Å². The van der Waals surface area contributed by atoms with Crippen LogP contribution in [0.3, 0.4) is 0 Å². The van der Waals surface area contributed by atoms with Crippen molar-refractivity contribution in [3.8, 4) is 0 Å². The molecule has 0 saturated carbocycles. The molecule has 0 aliphatic heterocycles. The van der Waals surface area contributed by atoms with Crippen molar-refractivity contribution in [1.29, 1.82) is 0 Å². The van der Waals surface area contributed by atoms with Gasteiger partial charge in [-0.2, -0.15) is 13.3 Å². The van der Waals surface area contributed by atoms with Gasteiger partial charge in [-0.3, -0.25) is 0 Å². The van der Waals surface area contributed by atoms with Crippen LogP contribution in [-0.4, -0.2) is 28.1 Å². The van der Waals surface area contributed by atoms with Crippen LogP contribution >= 0.6 is 0 Å². The average Bonchev–Trinajstić information content (AvgIpc) is 2.37. The molecule has 1 aromatic carbocycles. The Kier molecular flexibility index (Phi) is 5.89. The Hall–Kier alpha value is -0.990. The molecular weight excluding hydrogens is 272 g/mol. The van der Waals surface area contributed by atoms with Crippen LogP contribution in [0.2, 0.25) is 0 Å². The lowest BCUT2D eigenvalue weighted by molar-refractivity contribution is -0.338. The monoisotopic (exact) mass is 290 g/mol. The smallest absolute Gasteiger partial charge is 0.323 e. The molecule has 108 valence electrons. The molecule has 0 N–H and O–H groups in total. The molecule has 1 rings (SSSR count). The Bertz CT molecular complexity index is 481. The van der Waals surface area contributed by atoms with E-state index >= 15 is 0 Å². The Balaban J connectivity index is 2.58. The summed E-state index contributed by atoms with van der Waals surface area (Å²) < 4.78 is 38.0. The molecule has 0 spiro atoms. The zero-order chi connectivity index (χ0) is 14.5. The Morgan fingerprint density at radius 2 is 1.63 bits per heavy atom. The molecule has 19 heavy (non-hydrogen) atoms. The van der Waals surface area contributed by atoms with E-state index in [0.29, 0.717) is 0 Å². The zero-order valence-corrected chi connectivity index (χ0v) is 12.1. The van der Waals surface area contributed by atoms with E-state index < -0.39 is 22.7 Å². The minimum Gasteiger partial charge on any atom is -0.356 e. The maximum atomic E-state index is 11.8. The fourth-order valence-electron chi connectivity index (χ4n) is 1.20. The van der Waals surface area contributed by atoms with Crippen molar-refractivity contribution in [2.24, 2.45) is 0 Å². The van der Waals surface area contributed by atoms with Gasteiger partial charge in [0.1, 0.15) is 0 Å². The summed E-state index contributed by atoms with van der Waals surface area (Å²) >= 11 is 0. The van der Waals surface area contributed by atoms with Crippen LogP contribution in [-0.2, 0) is 28.8 Å². The van der Waals surface area contributed by atoms with Crippen LogP contribution < -0.4 is 0 Å². The maximum absolute atomic E-state index is 11.8. The summed E-state index contributed by atoms with van der Waals surface area (Å²) in [5, 5.41) is 0. The Morgan fingerprint density at radius 3 is 2.16 bits per heavy atom. The van der Waals surface area contributed by atoms with E-state index in [1.165, 1.54) is 26.2 Å². The number of benzene rings is 1. The number of hydrogen-bond acceptors (Lipinski definition) is 6. The minimum atomic E-state index is -3.96. The highest BCUT2D eigenvalue weighted by atomic mass is 32.2. The van der Waals surface area contributed by atoms with Crippen molar-refractivity contribution in [3.05, 3.63) is 29.8 Å². The highest BCUT2D eigenvalue weighted by molar-refractivity contribution is 7.86. The molecule has 6 nitrogen and oxygen atoms in total. The third-order valence-electron chi connectivity index (χ3n) is 2.29. The van der Waals surface area contributed by atoms with E-state index in [9.17, 15) is 8.42 Å². The summed E-state index contributed by atoms with van der Waals surface area (Å²) in [5.41, 5.74) is 0.950. The molecule has 2 atom stereocenters. The largest absolute Gasteiger partial charge is 0.356 e. The van der Waals surface area contributed by atoms with Gasteiger partial charge >= 0.3 is 10.1 Å². The second-order valence-electron chi connectivity index (χ2n) is 3.94. The summed E-state index contributed by atoms with van der Waals surface area (Å²) in [7, 11) is -2.50. The SMILES string of the molecule is COC(C)OC(C)OOS(=O)(=O)c1ccc(C)cc1. The van der Waals surface area contributed by atoms with Gasteiger partial charge < -0.3 is 9.47 Å². The van der Waals surface area contributed by atoms with Crippen molar-refractivity contribution in [3.63, 3.8) is 0 Å². The van der Waals surface area contributed by atoms with Crippen LogP contribution in [0.1, 0.15) is 19.4 Å². The van der Waals surface area contributed by atoms with E-state index in [0.717, 1.165) is 5.56 Å². The molecule has 0 saturated heterocycles. The molecule has 0 radical (unpaired) electrons. The summed E-state index contributed by atoms with van der Waals surface area (Å²) in [4.78, 5) is 4.69. The molecule has 0 aliphatic rings. The first-order valence-corrected chi connectivity index (χ1v) is 7.11. The lowest BCUT2D eigenvalue weighted by Crippen LogP contribution is -2.22. The number of methoxy groups -OCH3 is 1. The molecule has 1 aromatic rings. The van der Waals surface area contributed by atoms with Crippen molar-refractivity contribution in [2.75, 3.05) is 7.11 Å². The van der Waals surface area contributed by atoms with Gasteiger partial charge in [-0.1, -0.05) is 17.7 Å². The van der Waals surface area contributed by atoms with Crippen molar-refractivity contribution in [1.82, 2.24) is 0 Å². The molecule has 0 aromatic heterocycles. The van der Waals surface area contributed by atoms with Gasteiger partial charge in [0.15, 0.2) is 12.6 Å². The van der Waals surface area contributed by atoms with E-state index in [-0.39, 0.29) is 4.90 Å². The Morgan fingerprint density at radius 1 is 1.05 bits per heavy atom. The van der Waals surface area contributed by atoms with Crippen molar-refractivity contribution < 1.29 is 27.1 Å². The zero-order valence-electron chi connectivity index (χ0n) is 11.3. The summed E-state index contributed by atoms with van der Waals surface area (Å²) in [6, 6.07) is 6.22. The molecule has 7 heteroatoms. The van der Waals surface area contributed by atoms with Crippen LogP contribution in [0.25, 0.3) is 0 Å². The van der Waals surface area contributed by atoms with Crippen LogP contribution in [0.5, 0.6) is 0 Å². The van der Waals surface area contributed by atoms with E-state index in [1.54, 1.807) is 19.1 Å². The molecular formula is C12H18O6S. The molecule has 0 bridgehead atoms. The van der Waals surface area contributed by atoms with E-state index in [1.807, 2.05) is 6.92 Å². The van der Waals surface area contributed by atoms with Crippen molar-refractivity contribution in [2.45, 2.75) is 38.2 Å². The summed E-state index contributed by atoms with van der Waals surface area (Å²) in [6.45, 7) is 5.00. The van der Waals surface area contributed by atoms with Gasteiger partial charge in [-0.25, -0.2) is 0 Å². The molecule has 2 unspecified atom stereocenters. The van der Waals surface area contributed by atoms with Gasteiger partial charge in [-0.15, -0.1) is 4.33 Å². The number of rotatable bonds is 7. The predicted molar refractivity (Wildman–Crippen MR) is 67.6 cm³/mol. The summed E-state index contributed by atoms with van der Waals surface area (Å²) in [6.07, 6.45) is -1.41. The second-order valence-corrected chi connectivity index (χ2v) is 5.45. The minimum absolute atomic E-state index is 0.0186. The van der Waals surface area contributed by atoms with Gasteiger partial charge in [0.2, 0.25) is 0 Å². The molecule has 0 aliphatic carbocycles. The highest BCUT2D eigenvalue weighted by Crippen LogP contribution is 2.14. The molecule has 0 heterocycles. The number of hydrogen-bond donors (Lipinski definition) is 0. The lowest BCUT2D eigenvalue weighted by Gasteiger charge is -2.16. The standard InChI is InChI=1S/C12H18O6S/c1-9-5-7-12(8-6-9)19(13,14)18-17-11(3)16-10(2)15-4/h5-8,10-11H,1-4H3. The summed E-state index contributed by atoms with van der Waals surface area (Å²) in [5.74, 6) is 0. The highest BCUT2D eigenvalue weighted by Gasteiger charge is 2.19. The third-order valence-corrected chi connectivity index (χ3v) is 3.40. The normalized spacial score (nSPS) is 15.2. The first kappa shape index (κ1) is 16.1. The fraction of sp³-hybridized carbons (Fsp3) is 0.500. The Labute approximate surface area is 113 Å². The first-order chi connectivity index (χ1) is 8.85. The predicted octanol–water partition coefficient (Wildman–Crippen LogP) is 1.99. The first-order valence-electron chi connectivity index (χ1n) is 5.70. The third kappa shape index (κ3) is 5.25. The number of ether oxygens (including phenoxy) is 2. The van der Waals surface area contributed by atoms with Crippen molar-refractivity contribution >= 4 is 10.1 Å². The quantitative estimate of drug-likeness (QED) is 0.434. The van der Waals surface area contributed by atoms with E-state index in [2.05, 4.69) is 9.22 Å². The topological polar surface area (TPSA) is 71.1 Å². The van der Waals surface area contributed by atoms with Crippen LogP contribution in [0, 0.1) is 6.92 Å². The molecule has 0 fully saturated rings. The van der Waals surface area contributed by atoms with Gasteiger partial charge in [-0.05, 0) is 32.9 Å². The maximum Gasteiger partial charge on any atom is 0.323 e. The number of aryl methyl sites for hydroxylation is 1. The average molecular weight is 290 g/mol. The van der Waals surface area contributed by atoms with Crippen LogP contribution in [0.4, 0.5) is 0 Å². The second kappa shape index (κ2) is 6.97. The fourth-order valence-corrected chi connectivity index (χ4v) is 1.96. The van der Waals surface area contributed by atoms with Crippen LogP contribution in [0.15, 0.2) is 29.2 Å². The van der Waals surface area contributed by atoms with Gasteiger partial charge in [0.05, 0.1) is 4.90 Å². The van der Waals surface area contributed by atoms with Gasteiger partial charge in [0.25, 0.3) is 0 Å².